The van der Waals surface area contributed by atoms with Crippen LogP contribution in [-0.4, -0.2) is 59.2 Å². The molecule has 3 aromatic rings. The number of piperazine rings is 1. The molecule has 1 N–H and O–H groups in total. The largest absolute Gasteiger partial charge is 0.467 e. The lowest BCUT2D eigenvalue weighted by atomic mass is 10.1. The average Bonchev–Trinajstić information content (AvgIpc) is 3.53. The number of hydrogen-bond acceptors (Lipinski definition) is 9. The highest BCUT2D eigenvalue weighted by atomic mass is 16.7. The number of methoxy groups -OCH3 is 1. The maximum Gasteiger partial charge on any atom is 0.245 e. The molecule has 2 atom stereocenters. The second-order valence-corrected chi connectivity index (χ2v) is 8.16. The van der Waals surface area contributed by atoms with E-state index in [1.165, 1.54) is 12.8 Å². The molecule has 1 aromatic carbocycles. The lowest BCUT2D eigenvalue weighted by molar-refractivity contribution is 0.0516. The van der Waals surface area contributed by atoms with Crippen LogP contribution in [-0.2, 0) is 4.74 Å². The first kappa shape index (κ1) is 19.2. The van der Waals surface area contributed by atoms with E-state index in [0.717, 1.165) is 30.1 Å². The van der Waals surface area contributed by atoms with Gasteiger partial charge in [0.2, 0.25) is 5.95 Å². The Morgan fingerprint density at radius 2 is 2.10 bits per heavy atom. The summed E-state index contributed by atoms with van der Waals surface area (Å²) in [5, 5.41) is 12.6. The summed E-state index contributed by atoms with van der Waals surface area (Å²) < 4.78 is 16.5. The maximum atomic E-state index is 5.75. The Bertz CT molecular complexity index is 1030. The first-order valence-corrected chi connectivity index (χ1v) is 10.3. The lowest BCUT2D eigenvalue weighted by Gasteiger charge is -2.37. The van der Waals surface area contributed by atoms with Crippen LogP contribution in [0.3, 0.4) is 0 Å². The number of benzene rings is 1. The SMILES string of the molecule is COCOc1cc2nc(C)oc2cc1-c1cnc(N2C[C@@H](C)N[C@@H](C3CC3)C2)nn1. The summed E-state index contributed by atoms with van der Waals surface area (Å²) in [6.45, 7) is 5.93. The Labute approximate surface area is 174 Å². The molecule has 9 nitrogen and oxygen atoms in total. The fourth-order valence-corrected chi connectivity index (χ4v) is 4.11. The van der Waals surface area contributed by atoms with Gasteiger partial charge in [-0.15, -0.1) is 10.2 Å². The van der Waals surface area contributed by atoms with Crippen LogP contribution in [0.2, 0.25) is 0 Å². The lowest BCUT2D eigenvalue weighted by Crippen LogP contribution is -2.56. The van der Waals surface area contributed by atoms with Crippen molar-refractivity contribution in [2.24, 2.45) is 5.92 Å². The zero-order chi connectivity index (χ0) is 20.7. The standard InChI is InChI=1S/C21H26N6O3/c1-12-9-27(10-18(23-12)14-4-5-14)21-22-8-17(25-26-21)15-6-20-16(24-13(2)30-20)7-19(15)29-11-28-3/h6-8,12,14,18,23H,4-5,9-11H2,1-3H3/t12-,18-/m1/s1. The highest BCUT2D eigenvalue weighted by molar-refractivity contribution is 5.83. The molecule has 0 amide bonds. The van der Waals surface area contributed by atoms with Crippen LogP contribution in [0, 0.1) is 12.8 Å². The van der Waals surface area contributed by atoms with E-state index in [2.05, 4.69) is 37.3 Å². The first-order chi connectivity index (χ1) is 14.6. The van der Waals surface area contributed by atoms with Gasteiger partial charge in [-0.1, -0.05) is 0 Å². The van der Waals surface area contributed by atoms with Crippen molar-refractivity contribution in [2.45, 2.75) is 38.8 Å². The topological polar surface area (TPSA) is 98.4 Å². The van der Waals surface area contributed by atoms with Crippen LogP contribution in [0.25, 0.3) is 22.4 Å². The van der Waals surface area contributed by atoms with E-state index in [-0.39, 0.29) is 6.79 Å². The van der Waals surface area contributed by atoms with Crippen LogP contribution in [0.1, 0.15) is 25.7 Å². The van der Waals surface area contributed by atoms with Crippen molar-refractivity contribution in [3.05, 3.63) is 24.2 Å². The third-order valence-electron chi connectivity index (χ3n) is 5.64. The van der Waals surface area contributed by atoms with E-state index in [0.29, 0.717) is 40.9 Å². The van der Waals surface area contributed by atoms with E-state index in [1.807, 2.05) is 19.1 Å². The molecule has 2 aromatic heterocycles. The molecule has 158 valence electrons. The zero-order valence-corrected chi connectivity index (χ0v) is 17.5. The number of rotatable bonds is 6. The van der Waals surface area contributed by atoms with Gasteiger partial charge in [-0.2, -0.15) is 0 Å². The van der Waals surface area contributed by atoms with Gasteiger partial charge in [-0.3, -0.25) is 0 Å². The number of nitrogens with zero attached hydrogens (tertiary/aromatic N) is 5. The minimum Gasteiger partial charge on any atom is -0.467 e. The van der Waals surface area contributed by atoms with E-state index in [1.54, 1.807) is 13.3 Å². The monoisotopic (exact) mass is 410 g/mol. The highest BCUT2D eigenvalue weighted by Gasteiger charge is 2.36. The molecule has 2 aliphatic rings. The van der Waals surface area contributed by atoms with Gasteiger partial charge in [-0.25, -0.2) is 9.97 Å². The Balaban J connectivity index is 1.43. The minimum absolute atomic E-state index is 0.121. The highest BCUT2D eigenvalue weighted by Crippen LogP contribution is 2.35. The number of aryl methyl sites for hydroxylation is 1. The van der Waals surface area contributed by atoms with Gasteiger partial charge in [-0.05, 0) is 31.7 Å². The summed E-state index contributed by atoms with van der Waals surface area (Å²) in [5.41, 5.74) is 2.75. The molecule has 1 aliphatic carbocycles. The summed E-state index contributed by atoms with van der Waals surface area (Å²) in [7, 11) is 1.58. The number of aromatic nitrogens is 4. The first-order valence-electron chi connectivity index (χ1n) is 10.3. The predicted octanol–water partition coefficient (Wildman–Crippen LogP) is 2.55. The summed E-state index contributed by atoms with van der Waals surface area (Å²) >= 11 is 0. The van der Waals surface area contributed by atoms with E-state index in [9.17, 15) is 0 Å². The number of ether oxygens (including phenoxy) is 2. The molecule has 0 unspecified atom stereocenters. The molecule has 3 heterocycles. The van der Waals surface area contributed by atoms with E-state index >= 15 is 0 Å². The molecule has 0 spiro atoms. The maximum absolute atomic E-state index is 5.75. The molecule has 1 saturated carbocycles. The fourth-order valence-electron chi connectivity index (χ4n) is 4.11. The fraction of sp³-hybridized carbons (Fsp3) is 0.524. The second-order valence-electron chi connectivity index (χ2n) is 8.16. The predicted molar refractivity (Wildman–Crippen MR) is 111 cm³/mol. The summed E-state index contributed by atoms with van der Waals surface area (Å²) in [4.78, 5) is 11.2. The van der Waals surface area contributed by atoms with Crippen molar-refractivity contribution in [1.29, 1.82) is 0 Å². The average molecular weight is 410 g/mol. The van der Waals surface area contributed by atoms with Gasteiger partial charge in [0.05, 0.1) is 6.20 Å². The third-order valence-corrected chi connectivity index (χ3v) is 5.64. The van der Waals surface area contributed by atoms with Gasteiger partial charge in [0, 0.05) is 50.8 Å². The van der Waals surface area contributed by atoms with Gasteiger partial charge >= 0.3 is 0 Å². The molecule has 0 radical (unpaired) electrons. The van der Waals surface area contributed by atoms with Crippen molar-refractivity contribution in [2.75, 3.05) is 31.9 Å². The van der Waals surface area contributed by atoms with Crippen molar-refractivity contribution < 1.29 is 13.9 Å². The molecular weight excluding hydrogens is 384 g/mol. The van der Waals surface area contributed by atoms with Gasteiger partial charge in [0.25, 0.3) is 0 Å². The van der Waals surface area contributed by atoms with Gasteiger partial charge in [0.1, 0.15) is 17.0 Å². The summed E-state index contributed by atoms with van der Waals surface area (Å²) in [6.07, 6.45) is 4.36. The molecule has 30 heavy (non-hydrogen) atoms. The number of fused-ring (bicyclic) bond motifs is 1. The molecule has 1 aliphatic heterocycles. The molecule has 1 saturated heterocycles. The summed E-state index contributed by atoms with van der Waals surface area (Å²) in [5.74, 6) is 2.64. The normalized spacial score (nSPS) is 21.9. The van der Waals surface area contributed by atoms with Gasteiger partial charge < -0.3 is 24.1 Å². The van der Waals surface area contributed by atoms with Crippen LogP contribution in [0.4, 0.5) is 5.95 Å². The number of nitrogens with one attached hydrogen (secondary N) is 1. The molecular formula is C21H26N6O3. The van der Waals surface area contributed by atoms with Crippen molar-refractivity contribution >= 4 is 17.0 Å². The van der Waals surface area contributed by atoms with E-state index in [4.69, 9.17) is 13.9 Å². The zero-order valence-electron chi connectivity index (χ0n) is 17.5. The van der Waals surface area contributed by atoms with Crippen molar-refractivity contribution in [1.82, 2.24) is 25.5 Å². The summed E-state index contributed by atoms with van der Waals surface area (Å²) in [6, 6.07) is 4.59. The van der Waals surface area contributed by atoms with Crippen LogP contribution in [0.5, 0.6) is 5.75 Å². The molecule has 5 rings (SSSR count). The number of hydrogen-bond donors (Lipinski definition) is 1. The minimum atomic E-state index is 0.121. The van der Waals surface area contributed by atoms with Crippen LogP contribution in [0.15, 0.2) is 22.7 Å². The molecule has 0 bridgehead atoms. The Morgan fingerprint density at radius 1 is 1.23 bits per heavy atom. The van der Waals surface area contributed by atoms with Crippen molar-refractivity contribution in [3.63, 3.8) is 0 Å². The van der Waals surface area contributed by atoms with Crippen LogP contribution >= 0.6 is 0 Å². The van der Waals surface area contributed by atoms with Crippen molar-refractivity contribution in [3.8, 4) is 17.0 Å². The van der Waals surface area contributed by atoms with Crippen LogP contribution < -0.4 is 15.0 Å². The Kier molecular flexibility index (Phi) is 5.00. The molecule has 2 fully saturated rings. The second kappa shape index (κ2) is 7.81. The smallest absolute Gasteiger partial charge is 0.245 e. The van der Waals surface area contributed by atoms with E-state index < -0.39 is 0 Å². The number of oxazole rings is 1. The Morgan fingerprint density at radius 3 is 2.83 bits per heavy atom. The third kappa shape index (κ3) is 3.82. The molecule has 9 heteroatoms. The number of anilines is 1. The van der Waals surface area contributed by atoms with Gasteiger partial charge in [0.15, 0.2) is 18.3 Å². The quantitative estimate of drug-likeness (QED) is 0.615. The Hall–Kier alpha value is -2.78.